The average Bonchev–Trinajstić information content (AvgIpc) is 2.39. The fraction of sp³-hybridized carbons (Fsp3) is 0.357. The van der Waals surface area contributed by atoms with Gasteiger partial charge in [0.15, 0.2) is 0 Å². The predicted octanol–water partition coefficient (Wildman–Crippen LogP) is 3.97. The molecule has 1 aromatic carbocycles. The first-order valence-electron chi connectivity index (χ1n) is 5.15. The van der Waals surface area contributed by atoms with Gasteiger partial charge in [0.05, 0.1) is 0 Å². The van der Waals surface area contributed by atoms with E-state index >= 15 is 0 Å². The number of hydrogen-bond donors (Lipinski definition) is 0. The summed E-state index contributed by atoms with van der Waals surface area (Å²) in [6.45, 7) is 11.1. The lowest BCUT2D eigenvalue weighted by molar-refractivity contribution is 1.23. The Morgan fingerprint density at radius 2 is 1.50 bits per heavy atom. The van der Waals surface area contributed by atoms with Crippen molar-refractivity contribution < 1.29 is 0 Å². The molecule has 1 aliphatic rings. The van der Waals surface area contributed by atoms with Crippen molar-refractivity contribution in [3.8, 4) is 0 Å². The van der Waals surface area contributed by atoms with Crippen LogP contribution in [0.1, 0.15) is 41.7 Å². The van der Waals surface area contributed by atoms with Gasteiger partial charge in [0.25, 0.3) is 0 Å². The van der Waals surface area contributed by atoms with Crippen molar-refractivity contribution in [3.63, 3.8) is 0 Å². The number of hydrogen-bond acceptors (Lipinski definition) is 0. The molecular formula is C14H17. The molecule has 2 rings (SSSR count). The van der Waals surface area contributed by atoms with E-state index in [1.165, 1.54) is 39.0 Å². The largest absolute Gasteiger partial charge is 0.0613 e. The molecule has 0 aliphatic heterocycles. The van der Waals surface area contributed by atoms with Crippen LogP contribution in [0.2, 0.25) is 0 Å². The third kappa shape index (κ3) is 1.13. The topological polar surface area (TPSA) is 0 Å². The molecule has 0 amide bonds. The molecule has 0 aromatic heterocycles. The van der Waals surface area contributed by atoms with Crippen LogP contribution < -0.4 is 0 Å². The number of rotatable bonds is 0. The van der Waals surface area contributed by atoms with Gasteiger partial charge in [0.2, 0.25) is 0 Å². The third-order valence-corrected chi connectivity index (χ3v) is 3.53. The highest BCUT2D eigenvalue weighted by Crippen LogP contribution is 2.37. The minimum atomic E-state index is 1.40. The Morgan fingerprint density at radius 1 is 0.857 bits per heavy atom. The Morgan fingerprint density at radius 3 is 2.14 bits per heavy atom. The number of allylic oxidation sites excluding steroid dienone is 2. The molecule has 0 heterocycles. The summed E-state index contributed by atoms with van der Waals surface area (Å²) in [5.74, 6) is 0. The fourth-order valence-electron chi connectivity index (χ4n) is 2.26. The standard InChI is InChI=1S/C14H17/c1-8-6-13-7-9(2)11(4)14(13)12(5)10(8)3/h6-7H,1-5H3. The molecule has 0 saturated carbocycles. The Balaban J connectivity index is 2.74. The van der Waals surface area contributed by atoms with Crippen LogP contribution in [-0.2, 0) is 0 Å². The molecular weight excluding hydrogens is 168 g/mol. The number of benzene rings is 1. The molecule has 73 valence electrons. The maximum atomic E-state index is 2.30. The smallest absolute Gasteiger partial charge is 0.0164 e. The molecule has 0 saturated heterocycles. The molecule has 0 nitrogen and oxygen atoms in total. The minimum absolute atomic E-state index is 1.40. The lowest BCUT2D eigenvalue weighted by Crippen LogP contribution is -1.94. The molecule has 0 spiro atoms. The van der Waals surface area contributed by atoms with E-state index in [2.05, 4.69) is 47.1 Å². The summed E-state index contributed by atoms with van der Waals surface area (Å²) < 4.78 is 0. The fourth-order valence-corrected chi connectivity index (χ4v) is 2.26. The SMILES string of the molecule is CC1=C(C)c2c(cc(C)c(C)c2C)[CH]1. The number of aryl methyl sites for hydroxylation is 1. The molecule has 0 heteroatoms. The quantitative estimate of drug-likeness (QED) is 0.573. The van der Waals surface area contributed by atoms with Crippen LogP contribution in [0.3, 0.4) is 0 Å². The van der Waals surface area contributed by atoms with Crippen LogP contribution in [0.5, 0.6) is 0 Å². The molecule has 0 fully saturated rings. The lowest BCUT2D eigenvalue weighted by atomic mass is 9.93. The van der Waals surface area contributed by atoms with Crippen molar-refractivity contribution in [2.24, 2.45) is 0 Å². The summed E-state index contributed by atoms with van der Waals surface area (Å²) in [5, 5.41) is 0. The van der Waals surface area contributed by atoms with E-state index < -0.39 is 0 Å². The molecule has 1 aliphatic carbocycles. The van der Waals surface area contributed by atoms with Crippen LogP contribution in [0.25, 0.3) is 5.57 Å². The zero-order chi connectivity index (χ0) is 10.5. The molecule has 14 heavy (non-hydrogen) atoms. The minimum Gasteiger partial charge on any atom is -0.0613 e. The van der Waals surface area contributed by atoms with Gasteiger partial charge >= 0.3 is 0 Å². The molecule has 0 atom stereocenters. The van der Waals surface area contributed by atoms with Crippen LogP contribution in [0.15, 0.2) is 11.6 Å². The van der Waals surface area contributed by atoms with Crippen molar-refractivity contribution in [1.29, 1.82) is 0 Å². The number of fused-ring (bicyclic) bond motifs is 1. The highest BCUT2D eigenvalue weighted by Gasteiger charge is 2.19. The van der Waals surface area contributed by atoms with Gasteiger partial charge in [-0.1, -0.05) is 11.6 Å². The van der Waals surface area contributed by atoms with Crippen molar-refractivity contribution in [3.05, 3.63) is 45.9 Å². The molecule has 0 unspecified atom stereocenters. The van der Waals surface area contributed by atoms with Crippen LogP contribution >= 0.6 is 0 Å². The summed E-state index contributed by atoms with van der Waals surface area (Å²) in [6, 6.07) is 2.30. The summed E-state index contributed by atoms with van der Waals surface area (Å²) in [5.41, 5.74) is 10.0. The summed E-state index contributed by atoms with van der Waals surface area (Å²) in [7, 11) is 0. The Hall–Kier alpha value is -1.04. The van der Waals surface area contributed by atoms with E-state index in [0.717, 1.165) is 0 Å². The Labute approximate surface area is 86.7 Å². The molecule has 1 aromatic rings. The van der Waals surface area contributed by atoms with Gasteiger partial charge in [-0.05, 0) is 68.0 Å². The van der Waals surface area contributed by atoms with Crippen LogP contribution in [0.4, 0.5) is 0 Å². The van der Waals surface area contributed by atoms with Gasteiger partial charge in [0, 0.05) is 6.42 Å². The monoisotopic (exact) mass is 185 g/mol. The first-order valence-corrected chi connectivity index (χ1v) is 5.15. The summed E-state index contributed by atoms with van der Waals surface area (Å²) in [6.07, 6.45) is 2.30. The Kier molecular flexibility index (Phi) is 2.02. The molecule has 0 bridgehead atoms. The first-order chi connectivity index (χ1) is 6.52. The van der Waals surface area contributed by atoms with Gasteiger partial charge < -0.3 is 0 Å². The molecule has 0 N–H and O–H groups in total. The van der Waals surface area contributed by atoms with Crippen molar-refractivity contribution in [2.75, 3.05) is 0 Å². The Bertz CT molecular complexity index is 434. The second kappa shape index (κ2) is 2.98. The van der Waals surface area contributed by atoms with Gasteiger partial charge in [-0.3, -0.25) is 0 Å². The lowest BCUT2D eigenvalue weighted by Gasteiger charge is -2.12. The highest BCUT2D eigenvalue weighted by atomic mass is 14.2. The van der Waals surface area contributed by atoms with Crippen LogP contribution in [0, 0.1) is 27.2 Å². The van der Waals surface area contributed by atoms with E-state index in [1.54, 1.807) is 0 Å². The van der Waals surface area contributed by atoms with E-state index in [9.17, 15) is 0 Å². The second-order valence-corrected chi connectivity index (χ2v) is 4.36. The van der Waals surface area contributed by atoms with E-state index in [0.29, 0.717) is 0 Å². The highest BCUT2D eigenvalue weighted by molar-refractivity contribution is 5.81. The second-order valence-electron chi connectivity index (χ2n) is 4.36. The zero-order valence-corrected chi connectivity index (χ0v) is 9.65. The molecule has 1 radical (unpaired) electrons. The maximum absolute atomic E-state index is 2.30. The normalized spacial score (nSPS) is 14.9. The zero-order valence-electron chi connectivity index (χ0n) is 9.65. The summed E-state index contributed by atoms with van der Waals surface area (Å²) >= 11 is 0. The maximum Gasteiger partial charge on any atom is 0.0164 e. The summed E-state index contributed by atoms with van der Waals surface area (Å²) in [4.78, 5) is 0. The van der Waals surface area contributed by atoms with Crippen LogP contribution in [-0.4, -0.2) is 0 Å². The van der Waals surface area contributed by atoms with Crippen molar-refractivity contribution in [2.45, 2.75) is 34.6 Å². The van der Waals surface area contributed by atoms with Crippen molar-refractivity contribution >= 4 is 5.57 Å². The van der Waals surface area contributed by atoms with E-state index in [-0.39, 0.29) is 0 Å². The van der Waals surface area contributed by atoms with Gasteiger partial charge in [-0.15, -0.1) is 0 Å². The first kappa shape index (κ1) is 9.51. The van der Waals surface area contributed by atoms with Crippen molar-refractivity contribution in [1.82, 2.24) is 0 Å². The third-order valence-electron chi connectivity index (χ3n) is 3.53. The van der Waals surface area contributed by atoms with E-state index in [1.807, 2.05) is 0 Å². The van der Waals surface area contributed by atoms with E-state index in [4.69, 9.17) is 0 Å². The average molecular weight is 185 g/mol. The predicted molar refractivity (Wildman–Crippen MR) is 62.3 cm³/mol. The van der Waals surface area contributed by atoms with Gasteiger partial charge in [0.1, 0.15) is 0 Å². The van der Waals surface area contributed by atoms with Gasteiger partial charge in [-0.25, -0.2) is 0 Å². The van der Waals surface area contributed by atoms with Gasteiger partial charge in [-0.2, -0.15) is 0 Å².